The van der Waals surface area contributed by atoms with Gasteiger partial charge in [0.15, 0.2) is 0 Å². The first-order valence-electron chi connectivity index (χ1n) is 9.04. The topological polar surface area (TPSA) is 73.9 Å². The average Bonchev–Trinajstić information content (AvgIpc) is 2.61. The van der Waals surface area contributed by atoms with E-state index in [-0.39, 0.29) is 30.4 Å². The fraction of sp³-hybridized carbons (Fsp3) is 0.882. The number of amides is 2. The zero-order chi connectivity index (χ0) is 17.4. The highest BCUT2D eigenvalue weighted by molar-refractivity contribution is 5.80. The van der Waals surface area contributed by atoms with E-state index in [1.807, 2.05) is 0 Å². The number of hydrogen-bond donors (Lipinski definition) is 2. The van der Waals surface area contributed by atoms with Crippen molar-refractivity contribution in [2.75, 3.05) is 60.0 Å². The molecule has 1 saturated heterocycles. The van der Waals surface area contributed by atoms with E-state index in [2.05, 4.69) is 15.5 Å². The molecule has 2 N–H and O–H groups in total. The van der Waals surface area contributed by atoms with Crippen molar-refractivity contribution >= 4 is 11.8 Å². The maximum Gasteiger partial charge on any atom is 0.234 e. The molecule has 2 rings (SSSR count). The van der Waals surface area contributed by atoms with Gasteiger partial charge in [-0.15, -0.1) is 0 Å². The predicted molar refractivity (Wildman–Crippen MR) is 92.8 cm³/mol. The van der Waals surface area contributed by atoms with Crippen molar-refractivity contribution in [2.24, 2.45) is 0 Å². The molecule has 0 radical (unpaired) electrons. The Labute approximate surface area is 145 Å². The van der Waals surface area contributed by atoms with Gasteiger partial charge in [-0.05, 0) is 19.9 Å². The summed E-state index contributed by atoms with van der Waals surface area (Å²) >= 11 is 0. The van der Waals surface area contributed by atoms with Crippen LogP contribution < -0.4 is 10.6 Å². The zero-order valence-electron chi connectivity index (χ0n) is 15.1. The Kier molecular flexibility index (Phi) is 7.45. The molecule has 7 nitrogen and oxygen atoms in total. The van der Waals surface area contributed by atoms with Crippen molar-refractivity contribution in [1.29, 1.82) is 0 Å². The van der Waals surface area contributed by atoms with Crippen molar-refractivity contribution in [3.05, 3.63) is 0 Å². The molecule has 0 bridgehead atoms. The normalized spacial score (nSPS) is 21.5. The zero-order valence-corrected chi connectivity index (χ0v) is 15.1. The SMILES string of the molecule is CNC(=O)CN(C)CC(=O)NCC1(N2CCOCC2)CCCCC1. The second kappa shape index (κ2) is 9.34. The molecule has 0 aromatic heterocycles. The summed E-state index contributed by atoms with van der Waals surface area (Å²) in [6, 6.07) is 0. The number of ether oxygens (including phenoxy) is 1. The number of likely N-dealkylation sites (N-methyl/N-ethyl adjacent to an activating group) is 2. The van der Waals surface area contributed by atoms with Gasteiger partial charge in [0.05, 0.1) is 26.3 Å². The van der Waals surface area contributed by atoms with Crippen molar-refractivity contribution in [3.8, 4) is 0 Å². The Balaban J connectivity index is 1.85. The summed E-state index contributed by atoms with van der Waals surface area (Å²) in [5, 5.41) is 5.69. The summed E-state index contributed by atoms with van der Waals surface area (Å²) < 4.78 is 5.49. The van der Waals surface area contributed by atoms with Crippen molar-refractivity contribution in [3.63, 3.8) is 0 Å². The summed E-state index contributed by atoms with van der Waals surface area (Å²) in [6.07, 6.45) is 6.02. The first-order valence-corrected chi connectivity index (χ1v) is 9.04. The number of rotatable bonds is 7. The van der Waals surface area contributed by atoms with E-state index in [0.29, 0.717) is 6.54 Å². The third kappa shape index (κ3) is 5.43. The van der Waals surface area contributed by atoms with E-state index in [1.54, 1.807) is 19.0 Å². The van der Waals surface area contributed by atoms with Crippen LogP contribution in [-0.4, -0.2) is 87.2 Å². The Hall–Kier alpha value is -1.18. The van der Waals surface area contributed by atoms with Gasteiger partial charge in [0.25, 0.3) is 0 Å². The first kappa shape index (κ1) is 19.1. The van der Waals surface area contributed by atoms with E-state index in [4.69, 9.17) is 4.74 Å². The molecule has 2 fully saturated rings. The molecule has 0 spiro atoms. The Morgan fingerprint density at radius 3 is 2.33 bits per heavy atom. The molecular formula is C17H32N4O3. The Bertz CT molecular complexity index is 418. The molecule has 0 atom stereocenters. The van der Waals surface area contributed by atoms with Gasteiger partial charge in [0, 0.05) is 32.2 Å². The minimum Gasteiger partial charge on any atom is -0.379 e. The molecule has 0 unspecified atom stereocenters. The van der Waals surface area contributed by atoms with E-state index < -0.39 is 0 Å². The number of carbonyl (C=O) groups excluding carboxylic acids is 2. The highest BCUT2D eigenvalue weighted by Crippen LogP contribution is 2.33. The molecule has 7 heteroatoms. The number of carbonyl (C=O) groups is 2. The summed E-state index contributed by atoms with van der Waals surface area (Å²) in [6.45, 7) is 4.64. The van der Waals surface area contributed by atoms with E-state index in [1.165, 1.54) is 19.3 Å². The van der Waals surface area contributed by atoms with Crippen LogP contribution in [0, 0.1) is 0 Å². The largest absolute Gasteiger partial charge is 0.379 e. The van der Waals surface area contributed by atoms with Crippen LogP contribution in [0.15, 0.2) is 0 Å². The molecule has 0 aromatic carbocycles. The van der Waals surface area contributed by atoms with Gasteiger partial charge >= 0.3 is 0 Å². The molecule has 2 aliphatic rings. The molecule has 1 aliphatic carbocycles. The fourth-order valence-electron chi connectivity index (χ4n) is 3.80. The van der Waals surface area contributed by atoms with Crippen LogP contribution in [0.5, 0.6) is 0 Å². The fourth-order valence-corrected chi connectivity index (χ4v) is 3.80. The second-order valence-electron chi connectivity index (χ2n) is 7.01. The van der Waals surface area contributed by atoms with E-state index >= 15 is 0 Å². The summed E-state index contributed by atoms with van der Waals surface area (Å²) in [7, 11) is 3.39. The number of nitrogens with zero attached hydrogens (tertiary/aromatic N) is 2. The molecule has 24 heavy (non-hydrogen) atoms. The molecule has 1 aliphatic heterocycles. The third-order valence-corrected chi connectivity index (χ3v) is 5.19. The molecular weight excluding hydrogens is 308 g/mol. The van der Waals surface area contributed by atoms with Crippen LogP contribution in [0.1, 0.15) is 32.1 Å². The maximum absolute atomic E-state index is 12.3. The van der Waals surface area contributed by atoms with E-state index in [0.717, 1.165) is 39.1 Å². The molecule has 138 valence electrons. The van der Waals surface area contributed by atoms with Crippen LogP contribution in [0.4, 0.5) is 0 Å². The second-order valence-corrected chi connectivity index (χ2v) is 7.01. The number of nitrogens with one attached hydrogen (secondary N) is 2. The van der Waals surface area contributed by atoms with Gasteiger partial charge < -0.3 is 15.4 Å². The van der Waals surface area contributed by atoms with Crippen LogP contribution in [0.2, 0.25) is 0 Å². The summed E-state index contributed by atoms with van der Waals surface area (Å²) in [5.74, 6) is -0.0954. The Morgan fingerprint density at radius 1 is 1.08 bits per heavy atom. The average molecular weight is 340 g/mol. The molecule has 1 saturated carbocycles. The van der Waals surface area contributed by atoms with Crippen molar-refractivity contribution < 1.29 is 14.3 Å². The Morgan fingerprint density at radius 2 is 1.71 bits per heavy atom. The van der Waals surface area contributed by atoms with Crippen molar-refractivity contribution in [1.82, 2.24) is 20.4 Å². The third-order valence-electron chi connectivity index (χ3n) is 5.19. The summed E-state index contributed by atoms with van der Waals surface area (Å²) in [4.78, 5) is 27.9. The quantitative estimate of drug-likeness (QED) is 0.672. The number of hydrogen-bond acceptors (Lipinski definition) is 5. The van der Waals surface area contributed by atoms with Crippen molar-refractivity contribution in [2.45, 2.75) is 37.6 Å². The standard InChI is InChI=1S/C17H32N4O3/c1-18-15(22)12-20(2)13-16(23)19-14-17(6-4-3-5-7-17)21-8-10-24-11-9-21/h3-14H2,1-2H3,(H,18,22)(H,19,23). The minimum atomic E-state index is -0.0811. The molecule has 1 heterocycles. The van der Waals surface area contributed by atoms with Gasteiger partial charge in [0.1, 0.15) is 0 Å². The lowest BCUT2D eigenvalue weighted by atomic mass is 9.79. The lowest BCUT2D eigenvalue weighted by Crippen LogP contribution is -2.60. The maximum atomic E-state index is 12.3. The first-order chi connectivity index (χ1) is 11.6. The van der Waals surface area contributed by atoms with Gasteiger partial charge in [-0.3, -0.25) is 19.4 Å². The van der Waals surface area contributed by atoms with Crippen LogP contribution in [0.3, 0.4) is 0 Å². The van der Waals surface area contributed by atoms with Gasteiger partial charge in [-0.1, -0.05) is 19.3 Å². The van der Waals surface area contributed by atoms with Crippen LogP contribution in [0.25, 0.3) is 0 Å². The lowest BCUT2D eigenvalue weighted by Gasteiger charge is -2.48. The molecule has 0 aromatic rings. The highest BCUT2D eigenvalue weighted by Gasteiger charge is 2.38. The monoisotopic (exact) mass is 340 g/mol. The molecule has 2 amide bonds. The number of morpholine rings is 1. The van der Waals surface area contributed by atoms with Gasteiger partial charge in [0.2, 0.25) is 11.8 Å². The van der Waals surface area contributed by atoms with Crippen LogP contribution in [-0.2, 0) is 14.3 Å². The predicted octanol–water partition coefficient (Wildman–Crippen LogP) is -0.184. The van der Waals surface area contributed by atoms with Gasteiger partial charge in [-0.25, -0.2) is 0 Å². The lowest BCUT2D eigenvalue weighted by molar-refractivity contribution is -0.125. The summed E-state index contributed by atoms with van der Waals surface area (Å²) in [5.41, 5.74) is 0.0804. The van der Waals surface area contributed by atoms with Gasteiger partial charge in [-0.2, -0.15) is 0 Å². The smallest absolute Gasteiger partial charge is 0.234 e. The van der Waals surface area contributed by atoms with E-state index in [9.17, 15) is 9.59 Å². The minimum absolute atomic E-state index is 0.0142. The highest BCUT2D eigenvalue weighted by atomic mass is 16.5. The van der Waals surface area contributed by atoms with Crippen LogP contribution >= 0.6 is 0 Å².